The molecule has 0 radical (unpaired) electrons. The number of amides is 1. The van der Waals surface area contributed by atoms with Gasteiger partial charge in [-0.25, -0.2) is 14.0 Å². The Kier molecular flexibility index (Phi) is 8.46. The molecular weight excluding hydrogens is 265 g/mol. The van der Waals surface area contributed by atoms with Crippen molar-refractivity contribution in [2.75, 3.05) is 7.05 Å². The van der Waals surface area contributed by atoms with Crippen LogP contribution >= 0.6 is 0 Å². The highest BCUT2D eigenvalue weighted by Gasteiger charge is 2.34. The lowest BCUT2D eigenvalue weighted by atomic mass is 10.0. The van der Waals surface area contributed by atoms with E-state index in [9.17, 15) is 14.0 Å². The van der Waals surface area contributed by atoms with E-state index in [4.69, 9.17) is 9.84 Å². The van der Waals surface area contributed by atoms with E-state index >= 15 is 0 Å². The van der Waals surface area contributed by atoms with Crippen LogP contribution in [0, 0.1) is 0 Å². The Hall–Kier alpha value is -1.33. The molecule has 120 valence electrons. The molecule has 0 bridgehead atoms. The fraction of sp³-hybridized carbons (Fsp3) is 0.857. The largest absolute Gasteiger partial charge is 0.480 e. The van der Waals surface area contributed by atoms with Crippen LogP contribution in [0.3, 0.4) is 0 Å². The van der Waals surface area contributed by atoms with Gasteiger partial charge in [0.1, 0.15) is 17.3 Å². The summed E-state index contributed by atoms with van der Waals surface area (Å²) in [5.41, 5.74) is -2.40. The summed E-state index contributed by atoms with van der Waals surface area (Å²) < 4.78 is 18.6. The number of hydrogen-bond acceptors (Lipinski definition) is 3. The van der Waals surface area contributed by atoms with Crippen LogP contribution < -0.4 is 0 Å². The lowest BCUT2D eigenvalue weighted by molar-refractivity contribution is -0.144. The molecule has 6 heteroatoms. The summed E-state index contributed by atoms with van der Waals surface area (Å²) in [5, 5.41) is 9.04. The van der Waals surface area contributed by atoms with Crippen LogP contribution in [-0.4, -0.2) is 46.4 Å². The Labute approximate surface area is 121 Å². The van der Waals surface area contributed by atoms with E-state index in [1.807, 2.05) is 13.8 Å². The fourth-order valence-electron chi connectivity index (χ4n) is 1.31. The van der Waals surface area contributed by atoms with Crippen LogP contribution in [0.4, 0.5) is 9.18 Å². The molecule has 0 fully saturated rings. The Morgan fingerprint density at radius 3 is 1.85 bits per heavy atom. The monoisotopic (exact) mass is 293 g/mol. The van der Waals surface area contributed by atoms with Gasteiger partial charge in [-0.2, -0.15) is 0 Å². The molecule has 0 aromatic heterocycles. The molecule has 0 spiro atoms. The van der Waals surface area contributed by atoms with Gasteiger partial charge in [0.2, 0.25) is 0 Å². The van der Waals surface area contributed by atoms with Gasteiger partial charge in [-0.15, -0.1) is 0 Å². The van der Waals surface area contributed by atoms with Crippen LogP contribution in [0.5, 0.6) is 0 Å². The van der Waals surface area contributed by atoms with Gasteiger partial charge in [0, 0.05) is 13.5 Å². The van der Waals surface area contributed by atoms with Gasteiger partial charge in [0.05, 0.1) is 0 Å². The molecule has 0 saturated carbocycles. The van der Waals surface area contributed by atoms with Crippen molar-refractivity contribution < 1.29 is 23.8 Å². The molecule has 5 nitrogen and oxygen atoms in total. The molecule has 20 heavy (non-hydrogen) atoms. The van der Waals surface area contributed by atoms with Gasteiger partial charge in [-0.05, 0) is 34.6 Å². The highest BCUT2D eigenvalue weighted by molar-refractivity contribution is 5.80. The van der Waals surface area contributed by atoms with E-state index in [2.05, 4.69) is 0 Å². The summed E-state index contributed by atoms with van der Waals surface area (Å²) in [6.07, 6.45) is -1.07. The SMILES string of the molecule is CC.CN(C(=O)OC(C)(C)C)C(CC(C)(C)F)C(=O)O. The first-order valence-electron chi connectivity index (χ1n) is 6.71. The number of carboxylic acids is 1. The fourth-order valence-corrected chi connectivity index (χ4v) is 1.31. The van der Waals surface area contributed by atoms with Gasteiger partial charge in [-0.3, -0.25) is 4.90 Å². The van der Waals surface area contributed by atoms with Crippen molar-refractivity contribution >= 4 is 12.1 Å². The second kappa shape index (κ2) is 8.07. The molecule has 0 aromatic carbocycles. The zero-order valence-corrected chi connectivity index (χ0v) is 13.8. The molecule has 0 saturated heterocycles. The number of carbonyl (C=O) groups excluding carboxylic acids is 1. The minimum Gasteiger partial charge on any atom is -0.480 e. The molecule has 0 aliphatic heterocycles. The quantitative estimate of drug-likeness (QED) is 0.861. The van der Waals surface area contributed by atoms with Gasteiger partial charge in [-0.1, -0.05) is 13.8 Å². The average molecular weight is 293 g/mol. The normalized spacial score (nSPS) is 12.8. The van der Waals surface area contributed by atoms with Crippen molar-refractivity contribution in [3.63, 3.8) is 0 Å². The van der Waals surface area contributed by atoms with Crippen molar-refractivity contribution in [3.05, 3.63) is 0 Å². The second-order valence-corrected chi connectivity index (χ2v) is 5.87. The highest BCUT2D eigenvalue weighted by Crippen LogP contribution is 2.21. The van der Waals surface area contributed by atoms with Crippen molar-refractivity contribution in [1.29, 1.82) is 0 Å². The van der Waals surface area contributed by atoms with E-state index in [1.54, 1.807) is 20.8 Å². The second-order valence-electron chi connectivity index (χ2n) is 5.87. The zero-order valence-electron chi connectivity index (χ0n) is 13.8. The van der Waals surface area contributed by atoms with E-state index in [-0.39, 0.29) is 6.42 Å². The molecule has 1 atom stereocenters. The minimum atomic E-state index is -1.68. The average Bonchev–Trinajstić information content (AvgIpc) is 2.24. The third-order valence-electron chi connectivity index (χ3n) is 2.11. The number of carboxylic acid groups (broad SMARTS) is 1. The van der Waals surface area contributed by atoms with Crippen molar-refractivity contribution in [3.8, 4) is 0 Å². The van der Waals surface area contributed by atoms with Gasteiger partial charge in [0.25, 0.3) is 0 Å². The zero-order chi connectivity index (χ0) is 16.7. The molecule has 1 unspecified atom stereocenters. The third-order valence-corrected chi connectivity index (χ3v) is 2.11. The smallest absolute Gasteiger partial charge is 0.410 e. The molecule has 0 aromatic rings. The summed E-state index contributed by atoms with van der Waals surface area (Å²) in [5.74, 6) is -1.26. The molecular formula is C14H28FNO4. The van der Waals surface area contributed by atoms with Gasteiger partial charge >= 0.3 is 12.1 Å². The summed E-state index contributed by atoms with van der Waals surface area (Å²) in [6.45, 7) is 11.6. The number of nitrogens with zero attached hydrogens (tertiary/aromatic N) is 1. The first-order valence-corrected chi connectivity index (χ1v) is 6.71. The summed E-state index contributed by atoms with van der Waals surface area (Å²) in [4.78, 5) is 23.7. The van der Waals surface area contributed by atoms with Crippen molar-refractivity contribution in [1.82, 2.24) is 4.90 Å². The summed E-state index contributed by atoms with van der Waals surface area (Å²) in [6, 6.07) is -1.25. The maximum absolute atomic E-state index is 13.5. The Bertz CT molecular complexity index is 318. The Morgan fingerprint density at radius 1 is 1.20 bits per heavy atom. The minimum absolute atomic E-state index is 0.294. The lowest BCUT2D eigenvalue weighted by Crippen LogP contribution is -2.47. The summed E-state index contributed by atoms with van der Waals surface area (Å²) >= 11 is 0. The Morgan fingerprint density at radius 2 is 1.60 bits per heavy atom. The molecule has 1 N–H and O–H groups in total. The van der Waals surface area contributed by atoms with Crippen LogP contribution in [-0.2, 0) is 9.53 Å². The van der Waals surface area contributed by atoms with Crippen molar-refractivity contribution in [2.45, 2.75) is 72.2 Å². The first kappa shape index (κ1) is 21.0. The highest BCUT2D eigenvalue weighted by atomic mass is 19.1. The lowest BCUT2D eigenvalue weighted by Gasteiger charge is -2.30. The molecule has 0 rings (SSSR count). The van der Waals surface area contributed by atoms with Crippen LogP contribution in [0.1, 0.15) is 54.9 Å². The van der Waals surface area contributed by atoms with E-state index in [0.717, 1.165) is 4.90 Å². The number of rotatable bonds is 4. The van der Waals surface area contributed by atoms with E-state index in [1.165, 1.54) is 20.9 Å². The third kappa shape index (κ3) is 9.58. The van der Waals surface area contributed by atoms with Gasteiger partial charge < -0.3 is 9.84 Å². The van der Waals surface area contributed by atoms with Crippen molar-refractivity contribution in [2.24, 2.45) is 0 Å². The maximum Gasteiger partial charge on any atom is 0.410 e. The van der Waals surface area contributed by atoms with E-state index in [0.29, 0.717) is 0 Å². The molecule has 0 aliphatic rings. The molecule has 0 aliphatic carbocycles. The number of carbonyl (C=O) groups is 2. The molecule has 0 heterocycles. The standard InChI is InChI=1S/C12H22FNO4.C2H6/c1-11(2,3)18-10(17)14(6)8(9(15)16)7-12(4,5)13;1-2/h8H,7H2,1-6H3,(H,15,16);1-2H3. The van der Waals surface area contributed by atoms with Gasteiger partial charge in [0.15, 0.2) is 0 Å². The number of ether oxygens (including phenoxy) is 1. The number of aliphatic carboxylic acids is 1. The number of halogens is 1. The number of alkyl halides is 1. The first-order chi connectivity index (χ1) is 8.83. The maximum atomic E-state index is 13.5. The predicted molar refractivity (Wildman–Crippen MR) is 76.6 cm³/mol. The number of likely N-dealkylation sites (N-methyl/N-ethyl adjacent to an activating group) is 1. The van der Waals surface area contributed by atoms with Crippen LogP contribution in [0.25, 0.3) is 0 Å². The topological polar surface area (TPSA) is 66.8 Å². The molecule has 1 amide bonds. The van der Waals surface area contributed by atoms with Crippen LogP contribution in [0.2, 0.25) is 0 Å². The summed E-state index contributed by atoms with van der Waals surface area (Å²) in [7, 11) is 1.29. The predicted octanol–water partition coefficient (Wildman–Crippen LogP) is 3.47. The van der Waals surface area contributed by atoms with Crippen LogP contribution in [0.15, 0.2) is 0 Å². The number of hydrogen-bond donors (Lipinski definition) is 1. The Balaban J connectivity index is 0. The van der Waals surface area contributed by atoms with E-state index < -0.39 is 29.4 Å².